The monoisotopic (exact) mass is 421 g/mol. The average Bonchev–Trinajstić information content (AvgIpc) is 3.18. The lowest BCUT2D eigenvalue weighted by atomic mass is 10.3. The minimum absolute atomic E-state index is 0.392. The van der Waals surface area contributed by atoms with Crippen molar-refractivity contribution in [3.8, 4) is 5.75 Å². The average molecular weight is 423 g/mol. The molecule has 0 N–H and O–H groups in total. The maximum absolute atomic E-state index is 6.07. The topological polar surface area (TPSA) is 65.7 Å². The summed E-state index contributed by atoms with van der Waals surface area (Å²) in [6.45, 7) is 0.994. The van der Waals surface area contributed by atoms with Crippen LogP contribution in [0.5, 0.6) is 5.75 Å². The van der Waals surface area contributed by atoms with Crippen LogP contribution in [-0.2, 0) is 6.54 Å². The van der Waals surface area contributed by atoms with Gasteiger partial charge in [0.2, 0.25) is 0 Å². The minimum Gasteiger partial charge on any atom is -0.490 e. The first-order valence-electron chi connectivity index (χ1n) is 6.67. The second kappa shape index (κ2) is 8.35. The van der Waals surface area contributed by atoms with Gasteiger partial charge in [-0.2, -0.15) is 5.10 Å². The van der Waals surface area contributed by atoms with Gasteiger partial charge in [-0.3, -0.25) is 0 Å². The number of hydrogen-bond acceptors (Lipinski definition) is 7. The Balaban J connectivity index is 1.48. The van der Waals surface area contributed by atoms with E-state index in [4.69, 9.17) is 39.5 Å². The number of aromatic nitrogens is 5. The molecule has 0 aliphatic carbocycles. The van der Waals surface area contributed by atoms with Crippen molar-refractivity contribution in [3.63, 3.8) is 0 Å². The van der Waals surface area contributed by atoms with Crippen molar-refractivity contribution >= 4 is 57.9 Å². The number of ether oxygens (including phenoxy) is 1. The molecule has 0 radical (unpaired) electrons. The second-order valence-electron chi connectivity index (χ2n) is 4.45. The van der Waals surface area contributed by atoms with Crippen LogP contribution in [0.3, 0.4) is 0 Å². The first kappa shape index (κ1) is 17.8. The molecule has 6 nitrogen and oxygen atoms in total. The van der Waals surface area contributed by atoms with Gasteiger partial charge in [-0.1, -0.05) is 57.9 Å². The molecule has 3 aromatic rings. The molecule has 24 heavy (non-hydrogen) atoms. The minimum atomic E-state index is 0.392. The number of nitrogens with zero attached hydrogens (tertiary/aromatic N) is 5. The van der Waals surface area contributed by atoms with E-state index in [-0.39, 0.29) is 0 Å². The molecular formula is C13H10Cl3N5OS2. The van der Waals surface area contributed by atoms with Crippen LogP contribution < -0.4 is 4.74 Å². The van der Waals surface area contributed by atoms with Crippen LogP contribution in [0.2, 0.25) is 15.1 Å². The molecule has 0 saturated carbocycles. The Morgan fingerprint density at radius 2 is 1.96 bits per heavy atom. The molecule has 0 aliphatic heterocycles. The van der Waals surface area contributed by atoms with Crippen molar-refractivity contribution in [2.45, 2.75) is 10.9 Å². The fourth-order valence-electron chi connectivity index (χ4n) is 1.75. The Kier molecular flexibility index (Phi) is 6.18. The fourth-order valence-corrected chi connectivity index (χ4v) is 4.45. The summed E-state index contributed by atoms with van der Waals surface area (Å²) in [4.78, 5) is 3.89. The van der Waals surface area contributed by atoms with E-state index in [1.54, 1.807) is 34.9 Å². The highest BCUT2D eigenvalue weighted by Crippen LogP contribution is 2.36. The summed E-state index contributed by atoms with van der Waals surface area (Å²) in [6, 6.07) is 3.19. The van der Waals surface area contributed by atoms with Crippen molar-refractivity contribution in [1.29, 1.82) is 0 Å². The van der Waals surface area contributed by atoms with Gasteiger partial charge in [-0.05, 0) is 12.1 Å². The van der Waals surface area contributed by atoms with Gasteiger partial charge >= 0.3 is 0 Å². The normalized spacial score (nSPS) is 11.0. The molecular weight excluding hydrogens is 413 g/mol. The van der Waals surface area contributed by atoms with Crippen molar-refractivity contribution in [3.05, 3.63) is 44.9 Å². The number of benzene rings is 1. The van der Waals surface area contributed by atoms with E-state index in [2.05, 4.69) is 20.3 Å². The van der Waals surface area contributed by atoms with Crippen molar-refractivity contribution in [2.24, 2.45) is 0 Å². The van der Waals surface area contributed by atoms with Gasteiger partial charge in [0.25, 0.3) is 0 Å². The van der Waals surface area contributed by atoms with Crippen molar-refractivity contribution in [1.82, 2.24) is 25.0 Å². The van der Waals surface area contributed by atoms with Crippen LogP contribution in [0.15, 0.2) is 29.1 Å². The molecule has 126 valence electrons. The van der Waals surface area contributed by atoms with E-state index in [1.165, 1.54) is 17.7 Å². The van der Waals surface area contributed by atoms with Gasteiger partial charge in [0.15, 0.2) is 10.1 Å². The van der Waals surface area contributed by atoms with Crippen LogP contribution in [0.1, 0.15) is 5.01 Å². The molecule has 11 heteroatoms. The first-order valence-corrected chi connectivity index (χ1v) is 9.60. The molecule has 0 saturated heterocycles. The summed E-state index contributed by atoms with van der Waals surface area (Å²) < 4.78 is 8.19. The summed E-state index contributed by atoms with van der Waals surface area (Å²) in [5.41, 5.74) is 0. The fraction of sp³-hybridized carbons (Fsp3) is 0.231. The zero-order chi connectivity index (χ0) is 16.9. The Bertz CT molecular complexity index is 789. The van der Waals surface area contributed by atoms with Crippen molar-refractivity contribution < 1.29 is 4.74 Å². The molecule has 0 bridgehead atoms. The molecule has 1 aromatic carbocycles. The molecule has 0 amide bonds. The van der Waals surface area contributed by atoms with Gasteiger partial charge in [-0.25, -0.2) is 9.67 Å². The lowest BCUT2D eigenvalue weighted by Gasteiger charge is -2.09. The third-order valence-electron chi connectivity index (χ3n) is 2.73. The Morgan fingerprint density at radius 3 is 2.67 bits per heavy atom. The zero-order valence-electron chi connectivity index (χ0n) is 12.0. The van der Waals surface area contributed by atoms with E-state index in [0.717, 1.165) is 9.35 Å². The molecule has 0 spiro atoms. The van der Waals surface area contributed by atoms with Crippen LogP contribution in [-0.4, -0.2) is 37.3 Å². The van der Waals surface area contributed by atoms with E-state index in [0.29, 0.717) is 39.7 Å². The van der Waals surface area contributed by atoms with Crippen LogP contribution in [0, 0.1) is 0 Å². The smallest absolute Gasteiger partial charge is 0.174 e. The second-order valence-corrected chi connectivity index (χ2v) is 8.11. The predicted octanol–water partition coefficient (Wildman–Crippen LogP) is 4.31. The summed E-state index contributed by atoms with van der Waals surface area (Å²) in [5.74, 6) is 1.13. The zero-order valence-corrected chi connectivity index (χ0v) is 15.9. The molecule has 0 aliphatic rings. The Morgan fingerprint density at radius 1 is 1.17 bits per heavy atom. The summed E-state index contributed by atoms with van der Waals surface area (Å²) in [6.07, 6.45) is 3.13. The highest BCUT2D eigenvalue weighted by molar-refractivity contribution is 8.01. The quantitative estimate of drug-likeness (QED) is 0.417. The Hall–Kier alpha value is -1.06. The van der Waals surface area contributed by atoms with Crippen LogP contribution in [0.4, 0.5) is 0 Å². The number of thioether (sulfide) groups is 1. The number of rotatable bonds is 7. The number of hydrogen-bond donors (Lipinski definition) is 0. The van der Waals surface area contributed by atoms with E-state index >= 15 is 0 Å². The summed E-state index contributed by atoms with van der Waals surface area (Å²) >= 11 is 21.1. The van der Waals surface area contributed by atoms with Crippen LogP contribution >= 0.6 is 57.9 Å². The molecule has 2 heterocycles. The summed E-state index contributed by atoms with van der Waals surface area (Å²) in [5, 5.41) is 14.4. The first-order chi connectivity index (χ1) is 11.6. The highest BCUT2D eigenvalue weighted by Gasteiger charge is 2.10. The third-order valence-corrected chi connectivity index (χ3v) is 5.52. The third kappa shape index (κ3) is 4.73. The Labute approximate surface area is 161 Å². The summed E-state index contributed by atoms with van der Waals surface area (Å²) in [7, 11) is 0. The molecule has 0 fully saturated rings. The largest absolute Gasteiger partial charge is 0.490 e. The van der Waals surface area contributed by atoms with Gasteiger partial charge in [0, 0.05) is 10.8 Å². The number of halogens is 3. The lowest BCUT2D eigenvalue weighted by Crippen LogP contribution is -2.01. The van der Waals surface area contributed by atoms with E-state index < -0.39 is 0 Å². The van der Waals surface area contributed by atoms with Gasteiger partial charge in [0.1, 0.15) is 17.7 Å². The van der Waals surface area contributed by atoms with E-state index in [9.17, 15) is 0 Å². The van der Waals surface area contributed by atoms with E-state index in [1.807, 2.05) is 0 Å². The SMILES string of the molecule is Clc1cc(Cl)c(OCCSc2nnc(Cn3cncn3)s2)c(Cl)c1. The van der Waals surface area contributed by atoms with Gasteiger partial charge < -0.3 is 4.74 Å². The highest BCUT2D eigenvalue weighted by atomic mass is 35.5. The molecule has 3 rings (SSSR count). The van der Waals surface area contributed by atoms with Gasteiger partial charge in [-0.15, -0.1) is 10.2 Å². The predicted molar refractivity (Wildman–Crippen MR) is 96.7 cm³/mol. The van der Waals surface area contributed by atoms with Gasteiger partial charge in [0.05, 0.1) is 23.2 Å². The maximum Gasteiger partial charge on any atom is 0.174 e. The van der Waals surface area contributed by atoms with Crippen molar-refractivity contribution in [2.75, 3.05) is 12.4 Å². The molecule has 2 aromatic heterocycles. The maximum atomic E-state index is 6.07. The van der Waals surface area contributed by atoms with Crippen LogP contribution in [0.25, 0.3) is 0 Å². The standard InChI is InChI=1S/C13H10Cl3N5OS2/c14-8-3-9(15)12(10(16)4-8)22-1-2-23-13-20-19-11(24-13)5-21-7-17-6-18-21/h3-4,6-7H,1-2,5H2. The molecule has 0 unspecified atom stereocenters. The lowest BCUT2D eigenvalue weighted by molar-refractivity contribution is 0.344. The molecule has 0 atom stereocenters.